The molecule has 1 amide bonds. The van der Waals surface area contributed by atoms with Gasteiger partial charge in [-0.05, 0) is 127 Å². The number of hydrogen-bond donors (Lipinski definition) is 6. The molecular formula is C46H52ClF3N4O9P2S3. The average molecular weight is 1060 g/mol. The number of nitrogens with zero attached hydrogens (tertiary/aromatic N) is 2. The molecule has 366 valence electrons. The minimum absolute atomic E-state index is 0.0452. The van der Waals surface area contributed by atoms with Crippen molar-refractivity contribution in [3.05, 3.63) is 137 Å². The third-order valence-corrected chi connectivity index (χ3v) is 15.7. The summed E-state index contributed by atoms with van der Waals surface area (Å²) in [6, 6.07) is 35.5. The third-order valence-electron chi connectivity index (χ3n) is 11.2. The summed E-state index contributed by atoms with van der Waals surface area (Å²) in [5, 5.41) is 3.72. The van der Waals surface area contributed by atoms with Gasteiger partial charge in [-0.1, -0.05) is 66.2 Å². The van der Waals surface area contributed by atoms with Crippen molar-refractivity contribution in [1.29, 1.82) is 0 Å². The van der Waals surface area contributed by atoms with E-state index < -0.39 is 49.4 Å². The van der Waals surface area contributed by atoms with Gasteiger partial charge < -0.3 is 38.8 Å². The molecule has 1 saturated heterocycles. The van der Waals surface area contributed by atoms with Crippen LogP contribution in [0.15, 0.2) is 136 Å². The van der Waals surface area contributed by atoms with Gasteiger partial charge in [-0.3, -0.25) is 14.4 Å². The number of anilines is 2. The predicted molar refractivity (Wildman–Crippen MR) is 265 cm³/mol. The molecule has 1 aliphatic rings. The molecular weight excluding hydrogens is 1000 g/mol. The van der Waals surface area contributed by atoms with Crippen LogP contribution in [-0.4, -0.2) is 102 Å². The number of halogens is 4. The zero-order chi connectivity index (χ0) is 48.7. The standard InChI is InChI=1S/C46H52ClF3N4O9P2S3/c47-37-14-10-34(11-15-37)42-9-5-4-6-36(42)30-33-20-24-54(25-21-33)39-16-12-35(13-17-39)45(55)52-67-41-18-19-43(44(31-41)68(60,61)46(48,49)50)51-38(32-66-40-7-2-1-3-8-40)22-23-53(26-28-62-64(56)57)27-29-63-65(58)59/h1-19,31,33,38,51,56-59H,20-30,32H2,(H,52,55). The number of benzene rings is 5. The van der Waals surface area contributed by atoms with Crippen LogP contribution in [0.3, 0.4) is 0 Å². The van der Waals surface area contributed by atoms with Crippen molar-refractivity contribution in [2.75, 3.05) is 61.9 Å². The molecule has 0 bridgehead atoms. The Bertz CT molecular complexity index is 2470. The fraction of sp³-hybridized carbons (Fsp3) is 0.326. The van der Waals surface area contributed by atoms with Gasteiger partial charge in [0.15, 0.2) is 0 Å². The lowest BCUT2D eigenvalue weighted by Gasteiger charge is -2.34. The van der Waals surface area contributed by atoms with Crippen molar-refractivity contribution in [3.8, 4) is 11.1 Å². The Morgan fingerprint density at radius 3 is 2.09 bits per heavy atom. The van der Waals surface area contributed by atoms with Crippen LogP contribution in [0.25, 0.3) is 11.1 Å². The second-order valence-corrected chi connectivity index (χ2v) is 21.6. The van der Waals surface area contributed by atoms with Gasteiger partial charge in [0, 0.05) is 70.6 Å². The van der Waals surface area contributed by atoms with Crippen LogP contribution < -0.4 is 14.9 Å². The maximum Gasteiger partial charge on any atom is 0.501 e. The van der Waals surface area contributed by atoms with Gasteiger partial charge in [0.2, 0.25) is 0 Å². The smallest absolute Gasteiger partial charge is 0.380 e. The Kier molecular flexibility index (Phi) is 20.6. The summed E-state index contributed by atoms with van der Waals surface area (Å²) in [6.07, 6.45) is 3.18. The molecule has 22 heteroatoms. The zero-order valence-corrected chi connectivity index (χ0v) is 41.5. The first kappa shape index (κ1) is 53.8. The Balaban J connectivity index is 1.10. The van der Waals surface area contributed by atoms with Gasteiger partial charge in [0.1, 0.15) is 4.90 Å². The number of carbonyl (C=O) groups is 1. The van der Waals surface area contributed by atoms with Crippen LogP contribution in [-0.2, 0) is 25.3 Å². The van der Waals surface area contributed by atoms with Crippen molar-refractivity contribution in [2.24, 2.45) is 5.92 Å². The molecule has 5 aromatic carbocycles. The molecule has 0 radical (unpaired) electrons. The molecule has 1 heterocycles. The second-order valence-electron chi connectivity index (χ2n) is 15.8. The first-order valence-corrected chi connectivity index (χ1v) is 27.4. The predicted octanol–water partition coefficient (Wildman–Crippen LogP) is 9.92. The van der Waals surface area contributed by atoms with E-state index in [0.717, 1.165) is 54.6 Å². The summed E-state index contributed by atoms with van der Waals surface area (Å²) in [5.74, 6) is 0.264. The molecule has 1 atom stereocenters. The van der Waals surface area contributed by atoms with Crippen molar-refractivity contribution in [1.82, 2.24) is 9.62 Å². The molecule has 68 heavy (non-hydrogen) atoms. The minimum atomic E-state index is -5.89. The summed E-state index contributed by atoms with van der Waals surface area (Å²) in [5.41, 5.74) is -1.04. The van der Waals surface area contributed by atoms with Crippen molar-refractivity contribution >= 4 is 79.6 Å². The summed E-state index contributed by atoms with van der Waals surface area (Å²) in [7, 11) is -11.2. The number of rotatable bonds is 24. The number of thioether (sulfide) groups is 1. The summed E-state index contributed by atoms with van der Waals surface area (Å²) in [4.78, 5) is 54.0. The van der Waals surface area contributed by atoms with Crippen LogP contribution in [0.5, 0.6) is 0 Å². The topological polar surface area (TPSA) is 181 Å². The minimum Gasteiger partial charge on any atom is -0.380 e. The van der Waals surface area contributed by atoms with Crippen LogP contribution in [0.4, 0.5) is 24.5 Å². The Morgan fingerprint density at radius 2 is 1.46 bits per heavy atom. The number of carbonyl (C=O) groups excluding carboxylic acids is 1. The number of amides is 1. The van der Waals surface area contributed by atoms with Crippen LogP contribution in [0, 0.1) is 5.92 Å². The molecule has 1 fully saturated rings. The summed E-state index contributed by atoms with van der Waals surface area (Å²) < 4.78 is 81.3. The van der Waals surface area contributed by atoms with E-state index >= 15 is 0 Å². The molecule has 6 rings (SSSR count). The van der Waals surface area contributed by atoms with Gasteiger partial charge in [0.25, 0.3) is 15.7 Å². The number of piperidine rings is 1. The number of sulfone groups is 1. The lowest BCUT2D eigenvalue weighted by molar-refractivity contribution is -0.0435. The zero-order valence-electron chi connectivity index (χ0n) is 36.5. The quantitative estimate of drug-likeness (QED) is 0.0195. The second kappa shape index (κ2) is 26.1. The van der Waals surface area contributed by atoms with E-state index in [1.54, 1.807) is 17.0 Å². The highest BCUT2D eigenvalue weighted by molar-refractivity contribution is 7.99. The molecule has 5 aromatic rings. The fourth-order valence-electron chi connectivity index (χ4n) is 7.64. The Morgan fingerprint density at radius 1 is 0.824 bits per heavy atom. The monoisotopic (exact) mass is 1050 g/mol. The highest BCUT2D eigenvalue weighted by atomic mass is 35.5. The molecule has 0 spiro atoms. The highest BCUT2D eigenvalue weighted by Crippen LogP contribution is 2.38. The van der Waals surface area contributed by atoms with Crippen molar-refractivity contribution < 1.29 is 55.0 Å². The van der Waals surface area contributed by atoms with E-state index in [-0.39, 0.29) is 55.6 Å². The van der Waals surface area contributed by atoms with E-state index in [2.05, 4.69) is 33.1 Å². The highest BCUT2D eigenvalue weighted by Gasteiger charge is 2.48. The van der Waals surface area contributed by atoms with E-state index in [9.17, 15) is 46.0 Å². The number of alkyl halides is 3. The third kappa shape index (κ3) is 16.3. The molecule has 6 N–H and O–H groups in total. The SMILES string of the molecule is O=C(NSc1ccc(NC(CCN(CCOP(O)O)CCOP(O)O)CSc2ccccc2)c(S(=O)(=O)C(F)(F)F)c1)c1ccc(N2CCC(Cc3ccccc3-c3ccc(Cl)cc3)CC2)cc1. The van der Waals surface area contributed by atoms with Gasteiger partial charge >= 0.3 is 22.7 Å². The van der Waals surface area contributed by atoms with Gasteiger partial charge in [0.05, 0.1) is 18.9 Å². The van der Waals surface area contributed by atoms with E-state index in [4.69, 9.17) is 20.6 Å². The van der Waals surface area contributed by atoms with E-state index in [1.165, 1.54) is 35.0 Å². The molecule has 13 nitrogen and oxygen atoms in total. The van der Waals surface area contributed by atoms with E-state index in [0.29, 0.717) is 28.5 Å². The first-order valence-electron chi connectivity index (χ1n) is 21.5. The Labute approximate surface area is 410 Å². The van der Waals surface area contributed by atoms with Crippen molar-refractivity contribution in [3.63, 3.8) is 0 Å². The normalized spacial score (nSPS) is 14.2. The van der Waals surface area contributed by atoms with E-state index in [1.807, 2.05) is 72.8 Å². The lowest BCUT2D eigenvalue weighted by Crippen LogP contribution is -2.35. The van der Waals surface area contributed by atoms with Crippen LogP contribution >= 0.6 is 52.5 Å². The first-order chi connectivity index (χ1) is 32.5. The number of hydrogen-bond acceptors (Lipinski definition) is 14. The average Bonchev–Trinajstić information content (AvgIpc) is 3.32. The van der Waals surface area contributed by atoms with Crippen LogP contribution in [0.2, 0.25) is 5.02 Å². The maximum absolute atomic E-state index is 14.2. The summed E-state index contributed by atoms with van der Waals surface area (Å²) >= 11 is 8.21. The van der Waals surface area contributed by atoms with Gasteiger partial charge in [-0.25, -0.2) is 8.42 Å². The molecule has 0 aromatic heterocycles. The largest absolute Gasteiger partial charge is 0.501 e. The molecule has 0 saturated carbocycles. The maximum atomic E-state index is 14.2. The lowest BCUT2D eigenvalue weighted by atomic mass is 9.87. The fourth-order valence-corrected chi connectivity index (χ4v) is 10.9. The molecule has 0 aliphatic carbocycles. The molecule has 1 unspecified atom stereocenters. The summed E-state index contributed by atoms with van der Waals surface area (Å²) in [6.45, 7) is 2.06. The van der Waals surface area contributed by atoms with Crippen molar-refractivity contribution in [2.45, 2.75) is 51.9 Å². The van der Waals surface area contributed by atoms with Crippen LogP contribution in [0.1, 0.15) is 35.2 Å². The number of nitrogens with one attached hydrogen (secondary N) is 2. The molecule has 1 aliphatic heterocycles. The van der Waals surface area contributed by atoms with Gasteiger partial charge in [-0.2, -0.15) is 13.2 Å². The Hall–Kier alpha value is -3.52. The van der Waals surface area contributed by atoms with Gasteiger partial charge in [-0.15, -0.1) is 11.8 Å².